The standard InChI is InChI=1S/C18H20N2O4S/c1-12-8-13(2)10-14(9-12)19-18(21)17-11-20(25(3,22)23)15-6-4-5-7-16(15)24-17/h4-10,17H,11H2,1-3H3,(H,19,21)/t17-/m1/s1. The van der Waals surface area contributed by atoms with Crippen LogP contribution in [0.25, 0.3) is 0 Å². The smallest absolute Gasteiger partial charge is 0.267 e. The van der Waals surface area contributed by atoms with Crippen LogP contribution in [0.15, 0.2) is 42.5 Å². The number of benzene rings is 2. The molecule has 6 nitrogen and oxygen atoms in total. The molecule has 2 aromatic rings. The van der Waals surface area contributed by atoms with E-state index in [2.05, 4.69) is 5.32 Å². The molecule has 1 aliphatic heterocycles. The Kier molecular flexibility index (Phi) is 4.43. The first-order valence-corrected chi connectivity index (χ1v) is 9.71. The van der Waals surface area contributed by atoms with E-state index in [0.29, 0.717) is 17.1 Å². The van der Waals surface area contributed by atoms with Crippen molar-refractivity contribution in [2.45, 2.75) is 20.0 Å². The lowest BCUT2D eigenvalue weighted by molar-refractivity contribution is -0.122. The molecule has 1 heterocycles. The molecular weight excluding hydrogens is 340 g/mol. The zero-order chi connectivity index (χ0) is 18.2. The Hall–Kier alpha value is -2.54. The number of para-hydroxylation sites is 2. The molecular formula is C18H20N2O4S. The maximum absolute atomic E-state index is 12.6. The molecule has 0 saturated carbocycles. The Balaban J connectivity index is 1.87. The number of hydrogen-bond donors (Lipinski definition) is 1. The van der Waals surface area contributed by atoms with E-state index in [4.69, 9.17) is 4.74 Å². The van der Waals surface area contributed by atoms with Crippen LogP contribution in [0.3, 0.4) is 0 Å². The number of fused-ring (bicyclic) bond motifs is 1. The molecule has 1 atom stereocenters. The van der Waals surface area contributed by atoms with Crippen LogP contribution >= 0.6 is 0 Å². The first-order valence-electron chi connectivity index (χ1n) is 7.86. The van der Waals surface area contributed by atoms with Gasteiger partial charge in [0.1, 0.15) is 5.75 Å². The second-order valence-electron chi connectivity index (χ2n) is 6.23. The monoisotopic (exact) mass is 360 g/mol. The number of ether oxygens (including phenoxy) is 1. The third-order valence-corrected chi connectivity index (χ3v) is 5.06. The van der Waals surface area contributed by atoms with Crippen molar-refractivity contribution in [1.29, 1.82) is 0 Å². The fourth-order valence-corrected chi connectivity index (χ4v) is 3.84. The van der Waals surface area contributed by atoms with Crippen molar-refractivity contribution in [3.8, 4) is 5.75 Å². The van der Waals surface area contributed by atoms with Crippen LogP contribution in [0.2, 0.25) is 0 Å². The molecule has 0 bridgehead atoms. The number of rotatable bonds is 3. The SMILES string of the molecule is Cc1cc(C)cc(NC(=O)[C@H]2CN(S(C)(=O)=O)c3ccccc3O2)c1. The van der Waals surface area contributed by atoms with Crippen molar-refractivity contribution in [3.63, 3.8) is 0 Å². The van der Waals surface area contributed by atoms with E-state index in [1.807, 2.05) is 32.0 Å². The van der Waals surface area contributed by atoms with Crippen LogP contribution in [-0.2, 0) is 14.8 Å². The number of carbonyl (C=O) groups is 1. The van der Waals surface area contributed by atoms with Gasteiger partial charge in [-0.25, -0.2) is 8.42 Å². The lowest BCUT2D eigenvalue weighted by Crippen LogP contribution is -2.48. The Morgan fingerprint density at radius 1 is 1.16 bits per heavy atom. The number of aryl methyl sites for hydroxylation is 2. The van der Waals surface area contributed by atoms with Gasteiger partial charge < -0.3 is 10.1 Å². The summed E-state index contributed by atoms with van der Waals surface area (Å²) in [6.07, 6.45) is 0.194. The highest BCUT2D eigenvalue weighted by Gasteiger charge is 2.34. The van der Waals surface area contributed by atoms with Crippen molar-refractivity contribution in [3.05, 3.63) is 53.6 Å². The van der Waals surface area contributed by atoms with Crippen LogP contribution in [0.1, 0.15) is 11.1 Å². The lowest BCUT2D eigenvalue weighted by atomic mass is 10.1. The molecule has 0 spiro atoms. The molecule has 2 aromatic carbocycles. The van der Waals surface area contributed by atoms with E-state index in [1.165, 1.54) is 4.31 Å². The normalized spacial score (nSPS) is 16.8. The minimum Gasteiger partial charge on any atom is -0.476 e. The van der Waals surface area contributed by atoms with E-state index in [0.717, 1.165) is 17.4 Å². The maximum Gasteiger partial charge on any atom is 0.267 e. The van der Waals surface area contributed by atoms with Gasteiger partial charge >= 0.3 is 0 Å². The molecule has 3 rings (SSSR count). The van der Waals surface area contributed by atoms with Crippen molar-refractivity contribution >= 4 is 27.3 Å². The third-order valence-electron chi connectivity index (χ3n) is 3.92. The van der Waals surface area contributed by atoms with Crippen molar-refractivity contribution < 1.29 is 17.9 Å². The van der Waals surface area contributed by atoms with E-state index in [-0.39, 0.29) is 12.5 Å². The fraction of sp³-hybridized carbons (Fsp3) is 0.278. The number of sulfonamides is 1. The van der Waals surface area contributed by atoms with Gasteiger partial charge in [0.15, 0.2) is 6.10 Å². The highest BCUT2D eigenvalue weighted by Crippen LogP contribution is 2.34. The zero-order valence-corrected chi connectivity index (χ0v) is 15.1. The van der Waals surface area contributed by atoms with Gasteiger partial charge in [-0.05, 0) is 49.2 Å². The highest BCUT2D eigenvalue weighted by atomic mass is 32.2. The van der Waals surface area contributed by atoms with E-state index in [1.54, 1.807) is 24.3 Å². The Morgan fingerprint density at radius 3 is 2.44 bits per heavy atom. The van der Waals surface area contributed by atoms with E-state index in [9.17, 15) is 13.2 Å². The van der Waals surface area contributed by atoms with Crippen molar-refractivity contribution in [2.75, 3.05) is 22.4 Å². The van der Waals surface area contributed by atoms with E-state index < -0.39 is 16.1 Å². The van der Waals surface area contributed by atoms with Gasteiger partial charge in [-0.15, -0.1) is 0 Å². The molecule has 132 valence electrons. The summed E-state index contributed by atoms with van der Waals surface area (Å²) < 4.78 is 31.1. The minimum atomic E-state index is -3.52. The number of nitrogens with one attached hydrogen (secondary N) is 1. The summed E-state index contributed by atoms with van der Waals surface area (Å²) >= 11 is 0. The average Bonchev–Trinajstić information content (AvgIpc) is 2.51. The number of anilines is 2. The topological polar surface area (TPSA) is 75.7 Å². The number of hydrogen-bond acceptors (Lipinski definition) is 4. The average molecular weight is 360 g/mol. The largest absolute Gasteiger partial charge is 0.476 e. The molecule has 0 saturated heterocycles. The molecule has 0 unspecified atom stereocenters. The molecule has 7 heteroatoms. The highest BCUT2D eigenvalue weighted by molar-refractivity contribution is 7.92. The van der Waals surface area contributed by atoms with Gasteiger partial charge in [0.2, 0.25) is 10.0 Å². The molecule has 0 radical (unpaired) electrons. The van der Waals surface area contributed by atoms with Gasteiger partial charge in [-0.3, -0.25) is 9.10 Å². The summed E-state index contributed by atoms with van der Waals surface area (Å²) in [6, 6.07) is 12.5. The predicted molar refractivity (Wildman–Crippen MR) is 97.6 cm³/mol. The number of amides is 1. The van der Waals surface area contributed by atoms with Crippen LogP contribution in [0, 0.1) is 13.8 Å². The fourth-order valence-electron chi connectivity index (χ4n) is 2.92. The second-order valence-corrected chi connectivity index (χ2v) is 8.14. The van der Waals surface area contributed by atoms with Crippen LogP contribution in [0.5, 0.6) is 5.75 Å². The van der Waals surface area contributed by atoms with Crippen LogP contribution in [0.4, 0.5) is 11.4 Å². The van der Waals surface area contributed by atoms with Gasteiger partial charge in [0.05, 0.1) is 18.5 Å². The Morgan fingerprint density at radius 2 is 1.80 bits per heavy atom. The summed E-state index contributed by atoms with van der Waals surface area (Å²) in [5, 5.41) is 2.81. The molecule has 1 aliphatic rings. The third kappa shape index (κ3) is 3.76. The number of nitrogens with zero attached hydrogens (tertiary/aromatic N) is 1. The van der Waals surface area contributed by atoms with Crippen LogP contribution in [-0.4, -0.2) is 33.2 Å². The minimum absolute atomic E-state index is 0.0630. The maximum atomic E-state index is 12.6. The summed E-state index contributed by atoms with van der Waals surface area (Å²) in [6.45, 7) is 3.83. The van der Waals surface area contributed by atoms with Crippen LogP contribution < -0.4 is 14.4 Å². The molecule has 1 N–H and O–H groups in total. The molecule has 0 fully saturated rings. The molecule has 1 amide bonds. The lowest BCUT2D eigenvalue weighted by Gasteiger charge is -2.33. The molecule has 0 aromatic heterocycles. The zero-order valence-electron chi connectivity index (χ0n) is 14.3. The predicted octanol–water partition coefficient (Wildman–Crippen LogP) is 2.47. The van der Waals surface area contributed by atoms with Gasteiger partial charge in [0.25, 0.3) is 5.91 Å². The summed E-state index contributed by atoms with van der Waals surface area (Å²) in [4.78, 5) is 12.6. The first kappa shape index (κ1) is 17.3. The summed E-state index contributed by atoms with van der Waals surface area (Å²) in [5.74, 6) is -0.00657. The van der Waals surface area contributed by atoms with Gasteiger partial charge in [-0.1, -0.05) is 18.2 Å². The second kappa shape index (κ2) is 6.40. The van der Waals surface area contributed by atoms with Gasteiger partial charge in [-0.2, -0.15) is 0 Å². The van der Waals surface area contributed by atoms with E-state index >= 15 is 0 Å². The molecule has 0 aliphatic carbocycles. The Labute approximate surface area is 147 Å². The van der Waals surface area contributed by atoms with Crippen molar-refractivity contribution in [1.82, 2.24) is 0 Å². The Bertz CT molecular complexity index is 904. The summed E-state index contributed by atoms with van der Waals surface area (Å²) in [7, 11) is -3.52. The molecule has 25 heavy (non-hydrogen) atoms. The summed E-state index contributed by atoms with van der Waals surface area (Å²) in [5.41, 5.74) is 3.17. The quantitative estimate of drug-likeness (QED) is 0.912. The van der Waals surface area contributed by atoms with Crippen molar-refractivity contribution in [2.24, 2.45) is 0 Å². The first-order chi connectivity index (χ1) is 11.7. The van der Waals surface area contributed by atoms with Gasteiger partial charge in [0, 0.05) is 5.69 Å². The number of carbonyl (C=O) groups excluding carboxylic acids is 1.